The van der Waals surface area contributed by atoms with Crippen molar-refractivity contribution in [2.75, 3.05) is 7.11 Å². The zero-order valence-corrected chi connectivity index (χ0v) is 8.70. The number of aldehydes is 1. The van der Waals surface area contributed by atoms with E-state index in [4.69, 9.17) is 4.74 Å². The normalized spacial score (nSPS) is 11.2. The molecule has 14 heavy (non-hydrogen) atoms. The molecule has 0 amide bonds. The molecule has 0 aliphatic rings. The number of carbonyl (C=O) groups is 1. The van der Waals surface area contributed by atoms with E-state index in [1.807, 2.05) is 31.2 Å². The van der Waals surface area contributed by atoms with Gasteiger partial charge >= 0.3 is 0 Å². The lowest BCUT2D eigenvalue weighted by molar-refractivity contribution is -0.104. The van der Waals surface area contributed by atoms with Crippen molar-refractivity contribution in [3.63, 3.8) is 0 Å². The van der Waals surface area contributed by atoms with Gasteiger partial charge in [0.05, 0.1) is 7.11 Å². The molecule has 0 atom stereocenters. The molecule has 0 N–H and O–H groups in total. The van der Waals surface area contributed by atoms with Crippen LogP contribution in [-0.4, -0.2) is 13.4 Å². The lowest BCUT2D eigenvalue weighted by Crippen LogP contribution is -1.88. The Morgan fingerprint density at radius 1 is 1.43 bits per heavy atom. The first-order chi connectivity index (χ1) is 6.67. The summed E-state index contributed by atoms with van der Waals surface area (Å²) in [5.74, 6) is 0.789. The fourth-order valence-electron chi connectivity index (χ4n) is 1.25. The van der Waals surface area contributed by atoms with Crippen molar-refractivity contribution in [1.29, 1.82) is 0 Å². The second-order valence-electron chi connectivity index (χ2n) is 3.25. The molecule has 0 heterocycles. The van der Waals surface area contributed by atoms with Crippen molar-refractivity contribution < 1.29 is 9.53 Å². The predicted molar refractivity (Wildman–Crippen MR) is 57.4 cm³/mol. The van der Waals surface area contributed by atoms with E-state index in [0.29, 0.717) is 5.57 Å². The summed E-state index contributed by atoms with van der Waals surface area (Å²) in [6.45, 7) is 3.78. The van der Waals surface area contributed by atoms with E-state index in [1.165, 1.54) is 0 Å². The quantitative estimate of drug-likeness (QED) is 0.541. The summed E-state index contributed by atoms with van der Waals surface area (Å²) < 4.78 is 5.19. The van der Waals surface area contributed by atoms with Gasteiger partial charge in [0, 0.05) is 5.56 Å². The first kappa shape index (κ1) is 10.5. The summed E-state index contributed by atoms with van der Waals surface area (Å²) >= 11 is 0. The van der Waals surface area contributed by atoms with Crippen LogP contribution in [0.25, 0.3) is 6.08 Å². The average Bonchev–Trinajstić information content (AvgIpc) is 2.18. The third kappa shape index (κ3) is 2.46. The molecule has 0 unspecified atom stereocenters. The number of hydrogen-bond acceptors (Lipinski definition) is 2. The fourth-order valence-corrected chi connectivity index (χ4v) is 1.25. The van der Waals surface area contributed by atoms with E-state index in [-0.39, 0.29) is 0 Å². The Balaban J connectivity index is 3.17. The molecule has 0 radical (unpaired) electrons. The molecule has 0 saturated carbocycles. The molecular formula is C12H14O2. The van der Waals surface area contributed by atoms with E-state index in [0.717, 1.165) is 23.2 Å². The number of aryl methyl sites for hydroxylation is 1. The SMILES string of the molecule is COc1ccc(C)cc1/C=C(\C)C=O. The van der Waals surface area contributed by atoms with E-state index in [9.17, 15) is 4.79 Å². The van der Waals surface area contributed by atoms with Crippen LogP contribution >= 0.6 is 0 Å². The van der Waals surface area contributed by atoms with Crippen LogP contribution in [0.1, 0.15) is 18.1 Å². The van der Waals surface area contributed by atoms with Gasteiger partial charge in [0.2, 0.25) is 0 Å². The van der Waals surface area contributed by atoms with Crippen LogP contribution < -0.4 is 4.74 Å². The van der Waals surface area contributed by atoms with Crippen LogP contribution in [0.5, 0.6) is 5.75 Å². The van der Waals surface area contributed by atoms with Crippen molar-refractivity contribution in [3.05, 3.63) is 34.9 Å². The van der Waals surface area contributed by atoms with Gasteiger partial charge in [-0.15, -0.1) is 0 Å². The highest BCUT2D eigenvalue weighted by Crippen LogP contribution is 2.21. The molecule has 1 rings (SSSR count). The molecule has 1 aromatic rings. The molecule has 0 saturated heterocycles. The second-order valence-corrected chi connectivity index (χ2v) is 3.25. The van der Waals surface area contributed by atoms with Gasteiger partial charge in [-0.05, 0) is 37.6 Å². The Labute approximate surface area is 84.2 Å². The van der Waals surface area contributed by atoms with Crippen LogP contribution in [0.2, 0.25) is 0 Å². The van der Waals surface area contributed by atoms with Crippen molar-refractivity contribution >= 4 is 12.4 Å². The van der Waals surface area contributed by atoms with Crippen LogP contribution in [0.4, 0.5) is 0 Å². The highest BCUT2D eigenvalue weighted by Gasteiger charge is 2.00. The molecule has 2 heteroatoms. The minimum Gasteiger partial charge on any atom is -0.496 e. The first-order valence-electron chi connectivity index (χ1n) is 4.45. The fraction of sp³-hybridized carbons (Fsp3) is 0.250. The van der Waals surface area contributed by atoms with Crippen molar-refractivity contribution in [2.24, 2.45) is 0 Å². The highest BCUT2D eigenvalue weighted by molar-refractivity contribution is 5.81. The van der Waals surface area contributed by atoms with Gasteiger partial charge in [-0.2, -0.15) is 0 Å². The summed E-state index contributed by atoms with van der Waals surface area (Å²) in [6, 6.07) is 5.87. The van der Waals surface area contributed by atoms with Gasteiger partial charge in [0.15, 0.2) is 0 Å². The smallest absolute Gasteiger partial charge is 0.145 e. The molecule has 0 bridgehead atoms. The number of hydrogen-bond donors (Lipinski definition) is 0. The minimum atomic E-state index is 0.689. The number of carbonyl (C=O) groups excluding carboxylic acids is 1. The van der Waals surface area contributed by atoms with Gasteiger partial charge < -0.3 is 4.74 Å². The standard InChI is InChI=1S/C12H14O2/c1-9-4-5-12(14-3)11(6-9)7-10(2)8-13/h4-8H,1-3H3/b10-7+. The molecule has 2 nitrogen and oxygen atoms in total. The van der Waals surface area contributed by atoms with Gasteiger partial charge in [-0.1, -0.05) is 11.6 Å². The Bertz CT molecular complexity index is 365. The largest absolute Gasteiger partial charge is 0.496 e. The van der Waals surface area contributed by atoms with Crippen LogP contribution in [0, 0.1) is 6.92 Å². The average molecular weight is 190 g/mol. The Morgan fingerprint density at radius 3 is 2.71 bits per heavy atom. The van der Waals surface area contributed by atoms with Crippen LogP contribution in [0.15, 0.2) is 23.8 Å². The molecule has 74 valence electrons. The van der Waals surface area contributed by atoms with Crippen molar-refractivity contribution in [1.82, 2.24) is 0 Å². The Hall–Kier alpha value is -1.57. The summed E-state index contributed by atoms with van der Waals surface area (Å²) in [7, 11) is 1.62. The van der Waals surface area contributed by atoms with Gasteiger partial charge in [-0.3, -0.25) is 4.79 Å². The van der Waals surface area contributed by atoms with E-state index >= 15 is 0 Å². The maximum Gasteiger partial charge on any atom is 0.145 e. The van der Waals surface area contributed by atoms with Crippen LogP contribution in [-0.2, 0) is 4.79 Å². The van der Waals surface area contributed by atoms with Gasteiger partial charge in [0.1, 0.15) is 12.0 Å². The summed E-state index contributed by atoms with van der Waals surface area (Å²) in [5, 5.41) is 0. The molecule has 0 spiro atoms. The molecule has 0 aliphatic carbocycles. The van der Waals surface area contributed by atoms with E-state index in [1.54, 1.807) is 14.0 Å². The lowest BCUT2D eigenvalue weighted by atomic mass is 10.1. The highest BCUT2D eigenvalue weighted by atomic mass is 16.5. The maximum atomic E-state index is 10.5. The third-order valence-corrected chi connectivity index (χ3v) is 1.95. The number of ether oxygens (including phenoxy) is 1. The van der Waals surface area contributed by atoms with Crippen molar-refractivity contribution in [2.45, 2.75) is 13.8 Å². The minimum absolute atomic E-state index is 0.689. The lowest BCUT2D eigenvalue weighted by Gasteiger charge is -2.05. The predicted octanol–water partition coefficient (Wildman–Crippen LogP) is 2.61. The number of methoxy groups -OCH3 is 1. The zero-order chi connectivity index (χ0) is 10.6. The zero-order valence-electron chi connectivity index (χ0n) is 8.70. The molecule has 0 aliphatic heterocycles. The molecular weight excluding hydrogens is 176 g/mol. The van der Waals surface area contributed by atoms with Crippen LogP contribution in [0.3, 0.4) is 0 Å². The monoisotopic (exact) mass is 190 g/mol. The summed E-state index contributed by atoms with van der Waals surface area (Å²) in [6.07, 6.45) is 2.65. The Kier molecular flexibility index (Phi) is 3.46. The number of rotatable bonds is 3. The molecule has 0 fully saturated rings. The van der Waals surface area contributed by atoms with Crippen molar-refractivity contribution in [3.8, 4) is 5.75 Å². The summed E-state index contributed by atoms with van der Waals surface area (Å²) in [5.41, 5.74) is 2.78. The number of allylic oxidation sites excluding steroid dienone is 1. The third-order valence-electron chi connectivity index (χ3n) is 1.95. The second kappa shape index (κ2) is 4.61. The maximum absolute atomic E-state index is 10.5. The first-order valence-corrected chi connectivity index (χ1v) is 4.45. The van der Waals surface area contributed by atoms with Gasteiger partial charge in [-0.25, -0.2) is 0 Å². The summed E-state index contributed by atoms with van der Waals surface area (Å²) in [4.78, 5) is 10.5. The van der Waals surface area contributed by atoms with E-state index in [2.05, 4.69) is 0 Å². The van der Waals surface area contributed by atoms with Gasteiger partial charge in [0.25, 0.3) is 0 Å². The topological polar surface area (TPSA) is 26.3 Å². The number of benzene rings is 1. The van der Waals surface area contributed by atoms with E-state index < -0.39 is 0 Å². The Morgan fingerprint density at radius 2 is 2.14 bits per heavy atom. The molecule has 0 aromatic heterocycles. The molecule has 1 aromatic carbocycles.